The quantitative estimate of drug-likeness (QED) is 0.792. The number of hydrogen-bond acceptors (Lipinski definition) is 2. The highest BCUT2D eigenvalue weighted by molar-refractivity contribution is 9.09. The van der Waals surface area contributed by atoms with Gasteiger partial charge in [0.05, 0.1) is 4.75 Å². The second-order valence-corrected chi connectivity index (χ2v) is 7.63. The molecular formula is C8H16BrNO2S. The second-order valence-electron chi connectivity index (χ2n) is 4.63. The van der Waals surface area contributed by atoms with Gasteiger partial charge in [-0.15, -0.1) is 0 Å². The maximum Gasteiger partial charge on any atom is 0.217 e. The number of alkyl halides is 1. The van der Waals surface area contributed by atoms with E-state index in [1.165, 1.54) is 0 Å². The van der Waals surface area contributed by atoms with Crippen LogP contribution in [0, 0.1) is 0 Å². The number of sulfonamides is 1. The largest absolute Gasteiger partial charge is 0.217 e. The van der Waals surface area contributed by atoms with Gasteiger partial charge in [-0.2, -0.15) is 0 Å². The van der Waals surface area contributed by atoms with Crippen molar-refractivity contribution in [2.75, 3.05) is 5.33 Å². The summed E-state index contributed by atoms with van der Waals surface area (Å²) in [6, 6.07) is 0. The fourth-order valence-corrected chi connectivity index (χ4v) is 2.89. The molecule has 0 saturated heterocycles. The third kappa shape index (κ3) is 2.44. The molecule has 0 aromatic carbocycles. The van der Waals surface area contributed by atoms with Gasteiger partial charge < -0.3 is 0 Å². The Morgan fingerprint density at radius 3 is 2.08 bits per heavy atom. The van der Waals surface area contributed by atoms with E-state index in [0.29, 0.717) is 5.33 Å². The molecule has 0 heterocycles. The van der Waals surface area contributed by atoms with Crippen LogP contribution in [0.5, 0.6) is 0 Å². The molecule has 0 atom stereocenters. The lowest BCUT2D eigenvalue weighted by atomic mass is 10.3. The van der Waals surface area contributed by atoms with E-state index in [9.17, 15) is 8.42 Å². The van der Waals surface area contributed by atoms with E-state index in [1.807, 2.05) is 0 Å². The summed E-state index contributed by atoms with van der Waals surface area (Å²) in [7, 11) is -3.19. The van der Waals surface area contributed by atoms with Gasteiger partial charge in [-0.1, -0.05) is 15.9 Å². The number of rotatable bonds is 3. The summed E-state index contributed by atoms with van der Waals surface area (Å²) in [5.41, 5.74) is -0.188. The van der Waals surface area contributed by atoms with Crippen LogP contribution >= 0.6 is 15.9 Å². The van der Waals surface area contributed by atoms with Crippen molar-refractivity contribution in [3.63, 3.8) is 0 Å². The van der Waals surface area contributed by atoms with Gasteiger partial charge >= 0.3 is 0 Å². The molecule has 1 fully saturated rings. The Hall–Kier alpha value is 0.390. The Morgan fingerprint density at radius 2 is 1.85 bits per heavy atom. The molecule has 5 heteroatoms. The van der Waals surface area contributed by atoms with E-state index < -0.39 is 14.8 Å². The van der Waals surface area contributed by atoms with Gasteiger partial charge in [0.2, 0.25) is 10.0 Å². The molecule has 0 aliphatic heterocycles. The summed E-state index contributed by atoms with van der Waals surface area (Å²) in [6.07, 6.45) is 1.88. The van der Waals surface area contributed by atoms with Crippen LogP contribution in [0.4, 0.5) is 0 Å². The molecule has 1 N–H and O–H groups in total. The van der Waals surface area contributed by atoms with Crippen molar-refractivity contribution < 1.29 is 8.42 Å². The van der Waals surface area contributed by atoms with Crippen LogP contribution < -0.4 is 4.72 Å². The van der Waals surface area contributed by atoms with E-state index in [-0.39, 0.29) is 5.54 Å². The molecule has 0 aromatic heterocycles. The topological polar surface area (TPSA) is 46.2 Å². The van der Waals surface area contributed by atoms with Crippen molar-refractivity contribution in [2.45, 2.75) is 43.9 Å². The van der Waals surface area contributed by atoms with Crippen molar-refractivity contribution in [3.8, 4) is 0 Å². The monoisotopic (exact) mass is 269 g/mol. The molecule has 0 unspecified atom stereocenters. The molecule has 0 amide bonds. The Morgan fingerprint density at radius 1 is 1.38 bits per heavy atom. The van der Waals surface area contributed by atoms with Crippen LogP contribution in [0.2, 0.25) is 0 Å². The lowest BCUT2D eigenvalue weighted by Gasteiger charge is -2.23. The van der Waals surface area contributed by atoms with Crippen LogP contribution in [0.1, 0.15) is 33.6 Å². The zero-order valence-corrected chi connectivity index (χ0v) is 10.6. The van der Waals surface area contributed by atoms with Gasteiger partial charge in [0.1, 0.15) is 0 Å². The Labute approximate surface area is 88.5 Å². The summed E-state index contributed by atoms with van der Waals surface area (Å²) in [6.45, 7) is 5.12. The first kappa shape index (κ1) is 11.5. The summed E-state index contributed by atoms with van der Waals surface area (Å²) in [4.78, 5) is 0. The molecule has 13 heavy (non-hydrogen) atoms. The Balaban J connectivity index is 2.74. The average molecular weight is 270 g/mol. The van der Waals surface area contributed by atoms with E-state index in [0.717, 1.165) is 12.8 Å². The predicted molar refractivity (Wildman–Crippen MR) is 57.6 cm³/mol. The standard InChI is InChI=1S/C8H16BrNO2S/c1-7(2,3)13(11,12)10-8(6-9)4-5-8/h10H,4-6H2,1-3H3. The van der Waals surface area contributed by atoms with Crippen LogP contribution in [0.3, 0.4) is 0 Å². The van der Waals surface area contributed by atoms with Gasteiger partial charge in [-0.05, 0) is 33.6 Å². The molecule has 1 aliphatic rings. The highest BCUT2D eigenvalue weighted by Gasteiger charge is 2.47. The van der Waals surface area contributed by atoms with Gasteiger partial charge in [0.25, 0.3) is 0 Å². The fourth-order valence-electron chi connectivity index (χ4n) is 0.852. The predicted octanol–water partition coefficient (Wildman–Crippen LogP) is 1.63. The molecular weight excluding hydrogens is 254 g/mol. The zero-order valence-electron chi connectivity index (χ0n) is 8.22. The molecule has 78 valence electrons. The van der Waals surface area contributed by atoms with Gasteiger partial charge in [-0.25, -0.2) is 13.1 Å². The highest BCUT2D eigenvalue weighted by Crippen LogP contribution is 2.38. The smallest absolute Gasteiger partial charge is 0.212 e. The lowest BCUT2D eigenvalue weighted by molar-refractivity contribution is 0.527. The first-order valence-corrected chi connectivity index (χ1v) is 6.92. The first-order chi connectivity index (χ1) is 5.72. The zero-order chi connectivity index (χ0) is 10.3. The van der Waals surface area contributed by atoms with Crippen LogP contribution in [-0.4, -0.2) is 24.0 Å². The molecule has 0 aromatic rings. The summed E-state index contributed by atoms with van der Waals surface area (Å²) in [5.74, 6) is 0. The normalized spacial score (nSPS) is 21.5. The molecule has 0 spiro atoms. The Kier molecular flexibility index (Phi) is 2.83. The molecule has 1 aliphatic carbocycles. The van der Waals surface area contributed by atoms with Crippen molar-refractivity contribution in [3.05, 3.63) is 0 Å². The number of halogens is 1. The number of nitrogens with one attached hydrogen (secondary N) is 1. The molecule has 0 radical (unpaired) electrons. The van der Waals surface area contributed by atoms with E-state index in [4.69, 9.17) is 0 Å². The maximum absolute atomic E-state index is 11.7. The summed E-state index contributed by atoms with van der Waals surface area (Å²) >= 11 is 3.33. The van der Waals surface area contributed by atoms with Crippen LogP contribution in [0.25, 0.3) is 0 Å². The second kappa shape index (κ2) is 3.21. The lowest BCUT2D eigenvalue weighted by Crippen LogP contribution is -2.46. The third-order valence-corrected chi connectivity index (χ3v) is 5.65. The Bertz CT molecular complexity index is 288. The average Bonchev–Trinajstić information content (AvgIpc) is 2.66. The summed E-state index contributed by atoms with van der Waals surface area (Å²) < 4.78 is 25.5. The SMILES string of the molecule is CC(C)(C)S(=O)(=O)NC1(CBr)CC1. The highest BCUT2D eigenvalue weighted by atomic mass is 79.9. The van der Waals surface area contributed by atoms with Crippen LogP contribution in [-0.2, 0) is 10.0 Å². The maximum atomic E-state index is 11.7. The molecule has 1 saturated carbocycles. The van der Waals surface area contributed by atoms with Gasteiger partial charge in [-0.3, -0.25) is 0 Å². The first-order valence-electron chi connectivity index (χ1n) is 4.32. The van der Waals surface area contributed by atoms with E-state index in [1.54, 1.807) is 20.8 Å². The molecule has 0 bridgehead atoms. The minimum Gasteiger partial charge on any atom is -0.212 e. The van der Waals surface area contributed by atoms with Crippen molar-refractivity contribution in [2.24, 2.45) is 0 Å². The van der Waals surface area contributed by atoms with Crippen molar-refractivity contribution in [1.29, 1.82) is 0 Å². The van der Waals surface area contributed by atoms with Crippen molar-refractivity contribution >= 4 is 26.0 Å². The molecule has 3 nitrogen and oxygen atoms in total. The van der Waals surface area contributed by atoms with E-state index >= 15 is 0 Å². The van der Waals surface area contributed by atoms with Gasteiger partial charge in [0, 0.05) is 10.9 Å². The summed E-state index contributed by atoms with van der Waals surface area (Å²) in [5, 5.41) is 0.704. The number of hydrogen-bond donors (Lipinski definition) is 1. The van der Waals surface area contributed by atoms with Crippen molar-refractivity contribution in [1.82, 2.24) is 4.72 Å². The van der Waals surface area contributed by atoms with Crippen LogP contribution in [0.15, 0.2) is 0 Å². The molecule has 1 rings (SSSR count). The van der Waals surface area contributed by atoms with E-state index in [2.05, 4.69) is 20.7 Å². The fraction of sp³-hybridized carbons (Fsp3) is 1.00. The minimum atomic E-state index is -3.19. The minimum absolute atomic E-state index is 0.188. The van der Waals surface area contributed by atoms with Gasteiger partial charge in [0.15, 0.2) is 0 Å². The third-order valence-electron chi connectivity index (χ3n) is 2.27.